The Hall–Kier alpha value is -2.10. The number of hydrogen-bond donors (Lipinski definition) is 3. The quantitative estimate of drug-likeness (QED) is 0.521. The molecule has 10 heteroatoms. The third kappa shape index (κ3) is 5.46. The van der Waals surface area contributed by atoms with Crippen molar-refractivity contribution in [1.29, 1.82) is 0 Å². The van der Waals surface area contributed by atoms with E-state index in [0.717, 1.165) is 25.1 Å². The van der Waals surface area contributed by atoms with Crippen molar-refractivity contribution in [3.8, 4) is 0 Å². The van der Waals surface area contributed by atoms with Crippen LogP contribution in [0.1, 0.15) is 44.1 Å². The Balaban J connectivity index is 1.41. The molecule has 1 aromatic rings. The first kappa shape index (κ1) is 20.6. The molecule has 6 nitrogen and oxygen atoms in total. The minimum atomic E-state index is -4.39. The maximum absolute atomic E-state index is 12.6. The van der Waals surface area contributed by atoms with Crippen LogP contribution in [0, 0.1) is 5.92 Å². The molecule has 2 fully saturated rings. The Labute approximate surface area is 167 Å². The number of hydrogen-bond acceptors (Lipinski definition) is 4. The Morgan fingerprint density at radius 2 is 1.79 bits per heavy atom. The van der Waals surface area contributed by atoms with Gasteiger partial charge in [-0.3, -0.25) is 15.6 Å². The average molecular weight is 415 g/mol. The molecule has 1 amide bonds. The number of anilines is 1. The van der Waals surface area contributed by atoms with Gasteiger partial charge in [-0.25, -0.2) is 4.98 Å². The van der Waals surface area contributed by atoms with Crippen molar-refractivity contribution in [2.75, 3.05) is 18.0 Å². The summed E-state index contributed by atoms with van der Waals surface area (Å²) in [5.74, 6) is 0.190. The number of alkyl halides is 3. The fourth-order valence-corrected chi connectivity index (χ4v) is 3.84. The van der Waals surface area contributed by atoms with E-state index in [4.69, 9.17) is 12.2 Å². The predicted molar refractivity (Wildman–Crippen MR) is 103 cm³/mol. The zero-order chi connectivity index (χ0) is 20.1. The number of carbonyl (C=O) groups is 1. The van der Waals surface area contributed by atoms with E-state index in [2.05, 4.69) is 21.2 Å². The zero-order valence-corrected chi connectivity index (χ0v) is 16.2. The highest BCUT2D eigenvalue weighted by molar-refractivity contribution is 7.80. The Kier molecular flexibility index (Phi) is 6.58. The minimum Gasteiger partial charge on any atom is -0.359 e. The Bertz CT molecular complexity index is 683. The molecule has 0 spiro atoms. The largest absolute Gasteiger partial charge is 0.417 e. The first-order valence-electron chi connectivity index (χ1n) is 9.47. The van der Waals surface area contributed by atoms with Gasteiger partial charge in [-0.2, -0.15) is 13.2 Å². The lowest BCUT2D eigenvalue weighted by Gasteiger charge is -2.32. The van der Waals surface area contributed by atoms with Crippen LogP contribution >= 0.6 is 12.2 Å². The fraction of sp³-hybridized carbons (Fsp3) is 0.611. The molecule has 1 aromatic heterocycles. The van der Waals surface area contributed by atoms with Crippen molar-refractivity contribution in [1.82, 2.24) is 21.2 Å². The summed E-state index contributed by atoms with van der Waals surface area (Å²) in [5, 5.41) is 3.61. The van der Waals surface area contributed by atoms with Crippen LogP contribution in [-0.2, 0) is 11.0 Å². The topological polar surface area (TPSA) is 69.3 Å². The molecule has 1 aliphatic heterocycles. The molecule has 3 rings (SSSR count). The van der Waals surface area contributed by atoms with Crippen molar-refractivity contribution in [3.63, 3.8) is 0 Å². The van der Waals surface area contributed by atoms with Gasteiger partial charge in [0.05, 0.1) is 5.56 Å². The Morgan fingerprint density at radius 1 is 1.11 bits per heavy atom. The maximum Gasteiger partial charge on any atom is 0.417 e. The molecule has 1 saturated heterocycles. The monoisotopic (exact) mass is 415 g/mol. The summed E-state index contributed by atoms with van der Waals surface area (Å²) in [4.78, 5) is 18.1. The summed E-state index contributed by atoms with van der Waals surface area (Å²) < 4.78 is 37.9. The molecule has 1 aliphatic carbocycles. The molecule has 28 heavy (non-hydrogen) atoms. The van der Waals surface area contributed by atoms with Crippen molar-refractivity contribution in [2.24, 2.45) is 5.92 Å². The smallest absolute Gasteiger partial charge is 0.359 e. The molecule has 0 radical (unpaired) electrons. The van der Waals surface area contributed by atoms with Gasteiger partial charge in [0.15, 0.2) is 5.11 Å². The van der Waals surface area contributed by atoms with Crippen LogP contribution in [0.4, 0.5) is 19.0 Å². The van der Waals surface area contributed by atoms with Crippen molar-refractivity contribution >= 4 is 29.1 Å². The van der Waals surface area contributed by atoms with Gasteiger partial charge in [0, 0.05) is 31.2 Å². The van der Waals surface area contributed by atoms with Gasteiger partial charge in [-0.1, -0.05) is 12.8 Å². The first-order valence-corrected chi connectivity index (χ1v) is 9.88. The number of piperidine rings is 1. The molecule has 3 N–H and O–H groups in total. The zero-order valence-electron chi connectivity index (χ0n) is 15.4. The van der Waals surface area contributed by atoms with Crippen LogP contribution in [0.15, 0.2) is 18.3 Å². The van der Waals surface area contributed by atoms with Crippen LogP contribution in [0.2, 0.25) is 0 Å². The van der Waals surface area contributed by atoms with Crippen molar-refractivity contribution < 1.29 is 18.0 Å². The highest BCUT2D eigenvalue weighted by Crippen LogP contribution is 2.30. The van der Waals surface area contributed by atoms with E-state index in [1.807, 2.05) is 4.90 Å². The summed E-state index contributed by atoms with van der Waals surface area (Å²) in [5.41, 5.74) is 4.65. The van der Waals surface area contributed by atoms with Crippen LogP contribution in [0.25, 0.3) is 0 Å². The van der Waals surface area contributed by atoms with E-state index in [1.165, 1.54) is 18.9 Å². The number of thiocarbonyl (C=S) groups is 1. The second kappa shape index (κ2) is 8.93. The predicted octanol–water partition coefficient (Wildman–Crippen LogP) is 2.75. The second-order valence-corrected chi connectivity index (χ2v) is 7.64. The van der Waals surface area contributed by atoms with E-state index in [-0.39, 0.29) is 11.8 Å². The third-order valence-corrected chi connectivity index (χ3v) is 5.47. The molecule has 154 valence electrons. The average Bonchev–Trinajstić information content (AvgIpc) is 3.18. The maximum atomic E-state index is 12.6. The second-order valence-electron chi connectivity index (χ2n) is 7.23. The molecular formula is C18H24F3N5OS. The molecule has 0 bridgehead atoms. The van der Waals surface area contributed by atoms with E-state index in [9.17, 15) is 18.0 Å². The number of pyridine rings is 1. The van der Waals surface area contributed by atoms with Gasteiger partial charge in [0.1, 0.15) is 5.82 Å². The van der Waals surface area contributed by atoms with E-state index in [1.54, 1.807) is 0 Å². The lowest BCUT2D eigenvalue weighted by Crippen LogP contribution is -2.51. The van der Waals surface area contributed by atoms with Gasteiger partial charge < -0.3 is 10.2 Å². The van der Waals surface area contributed by atoms with Crippen LogP contribution < -0.4 is 21.1 Å². The normalized spacial score (nSPS) is 18.8. The van der Waals surface area contributed by atoms with Gasteiger partial charge in [0.2, 0.25) is 5.91 Å². The van der Waals surface area contributed by atoms with Gasteiger partial charge >= 0.3 is 6.18 Å². The molecule has 2 heterocycles. The number of hydrazine groups is 1. The van der Waals surface area contributed by atoms with Gasteiger partial charge in [-0.15, -0.1) is 0 Å². The highest BCUT2D eigenvalue weighted by atomic mass is 32.1. The SMILES string of the molecule is O=C(NNC(=S)NC1CCCC1)C1CCN(c2ccc(C(F)(F)F)cn2)CC1. The highest BCUT2D eigenvalue weighted by Gasteiger charge is 2.31. The fourth-order valence-electron chi connectivity index (χ4n) is 3.62. The number of rotatable bonds is 3. The van der Waals surface area contributed by atoms with Gasteiger partial charge in [-0.05, 0) is 50.0 Å². The summed E-state index contributed by atoms with van der Waals surface area (Å²) in [6.45, 7) is 1.11. The molecule has 2 aliphatic rings. The summed E-state index contributed by atoms with van der Waals surface area (Å²) in [6.07, 6.45) is 2.21. The summed E-state index contributed by atoms with van der Waals surface area (Å²) in [6, 6.07) is 2.78. The Morgan fingerprint density at radius 3 is 2.36 bits per heavy atom. The van der Waals surface area contributed by atoms with Crippen molar-refractivity contribution in [2.45, 2.75) is 50.7 Å². The standard InChI is InChI=1S/C18H24F3N5OS/c19-18(20,21)13-5-6-15(22-11-13)26-9-7-12(8-10-26)16(27)24-25-17(28)23-14-3-1-2-4-14/h5-6,11-12,14H,1-4,7-10H2,(H,24,27)(H2,23,25,28). The lowest BCUT2D eigenvalue weighted by atomic mass is 9.96. The third-order valence-electron chi connectivity index (χ3n) is 5.25. The van der Waals surface area contributed by atoms with Crippen LogP contribution in [0.3, 0.4) is 0 Å². The van der Waals surface area contributed by atoms with Crippen molar-refractivity contribution in [3.05, 3.63) is 23.9 Å². The van der Waals surface area contributed by atoms with Crippen LogP contribution in [-0.4, -0.2) is 35.1 Å². The van der Waals surface area contributed by atoms with Crippen LogP contribution in [0.5, 0.6) is 0 Å². The molecule has 0 unspecified atom stereocenters. The molecule has 0 atom stereocenters. The van der Waals surface area contributed by atoms with Gasteiger partial charge in [0.25, 0.3) is 0 Å². The molecule has 1 saturated carbocycles. The number of nitrogens with one attached hydrogen (secondary N) is 3. The van der Waals surface area contributed by atoms with E-state index >= 15 is 0 Å². The summed E-state index contributed by atoms with van der Waals surface area (Å²) >= 11 is 5.20. The number of halogens is 3. The number of nitrogens with zero attached hydrogens (tertiary/aromatic N) is 2. The molecular weight excluding hydrogens is 391 g/mol. The summed E-state index contributed by atoms with van der Waals surface area (Å²) in [7, 11) is 0. The first-order chi connectivity index (χ1) is 13.3. The van der Waals surface area contributed by atoms with E-state index in [0.29, 0.717) is 42.9 Å². The minimum absolute atomic E-state index is 0.129. The number of carbonyl (C=O) groups excluding carboxylic acids is 1. The lowest BCUT2D eigenvalue weighted by molar-refractivity contribution is -0.137. The number of aromatic nitrogens is 1. The van der Waals surface area contributed by atoms with E-state index < -0.39 is 11.7 Å². The molecule has 0 aromatic carbocycles. The number of amides is 1.